The van der Waals surface area contributed by atoms with Gasteiger partial charge in [-0.1, -0.05) is 51.8 Å². The summed E-state index contributed by atoms with van der Waals surface area (Å²) in [6.45, 7) is 6.59. The van der Waals surface area contributed by atoms with E-state index >= 15 is 0 Å². The molecule has 1 aliphatic rings. The molecule has 0 amide bonds. The summed E-state index contributed by atoms with van der Waals surface area (Å²) in [6, 6.07) is 8.72. The zero-order valence-corrected chi connectivity index (χ0v) is 16.0. The quantitative estimate of drug-likeness (QED) is 0.519. The summed E-state index contributed by atoms with van der Waals surface area (Å²) in [5, 5.41) is 3.56. The van der Waals surface area contributed by atoms with Gasteiger partial charge in [-0.25, -0.2) is 0 Å². The van der Waals surface area contributed by atoms with Gasteiger partial charge in [-0.2, -0.15) is 0 Å². The first-order chi connectivity index (χ1) is 9.62. The molecule has 0 fully saturated rings. The maximum atomic E-state index is 3.56. The lowest BCUT2D eigenvalue weighted by Crippen LogP contribution is -2.43. The van der Waals surface area contributed by atoms with Crippen LogP contribution in [0.3, 0.4) is 0 Å². The van der Waals surface area contributed by atoms with E-state index in [9.17, 15) is 0 Å². The molecule has 0 saturated carbocycles. The van der Waals surface area contributed by atoms with E-state index in [0.717, 1.165) is 0 Å². The SMILES string of the molecule is CCSI.CNC1(c2ccccc2C)CCCC=C1C. The molecule has 0 spiro atoms. The Morgan fingerprint density at radius 3 is 2.45 bits per heavy atom. The van der Waals surface area contributed by atoms with E-state index in [4.69, 9.17) is 0 Å². The molecule has 1 atom stereocenters. The fraction of sp³-hybridized carbons (Fsp3) is 0.529. The number of allylic oxidation sites excluding steroid dienone is 1. The van der Waals surface area contributed by atoms with Gasteiger partial charge in [-0.3, -0.25) is 0 Å². The van der Waals surface area contributed by atoms with Crippen LogP contribution in [0.15, 0.2) is 35.9 Å². The smallest absolute Gasteiger partial charge is 0.0647 e. The lowest BCUT2D eigenvalue weighted by atomic mass is 9.74. The Morgan fingerprint density at radius 1 is 1.30 bits per heavy atom. The average molecular weight is 403 g/mol. The van der Waals surface area contributed by atoms with Crippen molar-refractivity contribution in [1.82, 2.24) is 5.32 Å². The summed E-state index contributed by atoms with van der Waals surface area (Å²) in [4.78, 5) is 0. The summed E-state index contributed by atoms with van der Waals surface area (Å²) < 4.78 is 0. The first-order valence-corrected chi connectivity index (χ1v) is 10.8. The Kier molecular flexibility index (Phi) is 8.22. The number of benzene rings is 1. The Bertz CT molecular complexity index is 442. The molecule has 1 aromatic rings. The molecule has 1 aliphatic carbocycles. The standard InChI is InChI=1S/C15H21N.C2H5IS/c1-12-8-4-5-10-14(12)15(16-3)11-7-6-9-13(15)2;1-2-4-3/h4-5,8-10,16H,6-7,11H2,1-3H3;2H2,1H3. The van der Waals surface area contributed by atoms with Gasteiger partial charge in [0.25, 0.3) is 0 Å². The summed E-state index contributed by atoms with van der Waals surface area (Å²) in [5.41, 5.74) is 4.36. The molecule has 0 bridgehead atoms. The lowest BCUT2D eigenvalue weighted by molar-refractivity contribution is 0.367. The number of halogens is 1. The highest BCUT2D eigenvalue weighted by Crippen LogP contribution is 2.39. The van der Waals surface area contributed by atoms with Crippen molar-refractivity contribution in [2.24, 2.45) is 0 Å². The molecular weight excluding hydrogens is 377 g/mol. The first kappa shape index (κ1) is 18.1. The number of likely N-dealkylation sites (N-methyl/N-ethyl adjacent to an activating group) is 1. The van der Waals surface area contributed by atoms with Crippen LogP contribution in [0.5, 0.6) is 0 Å². The Labute approximate surface area is 140 Å². The fourth-order valence-corrected chi connectivity index (χ4v) is 2.91. The Hall–Kier alpha value is 0. The molecule has 0 aromatic heterocycles. The van der Waals surface area contributed by atoms with Gasteiger partial charge in [0.2, 0.25) is 0 Å². The van der Waals surface area contributed by atoms with Crippen LogP contribution in [-0.4, -0.2) is 12.8 Å². The van der Waals surface area contributed by atoms with Gasteiger partial charge in [-0.05, 0) is 72.5 Å². The largest absolute Gasteiger partial charge is 0.307 e. The van der Waals surface area contributed by atoms with Crippen molar-refractivity contribution in [3.8, 4) is 0 Å². The van der Waals surface area contributed by atoms with Crippen LogP contribution in [-0.2, 0) is 5.54 Å². The molecule has 20 heavy (non-hydrogen) atoms. The van der Waals surface area contributed by atoms with Gasteiger partial charge < -0.3 is 5.32 Å². The summed E-state index contributed by atoms with van der Waals surface area (Å²) in [6.07, 6.45) is 6.08. The zero-order chi connectivity index (χ0) is 15.0. The van der Waals surface area contributed by atoms with Crippen molar-refractivity contribution in [2.75, 3.05) is 12.8 Å². The summed E-state index contributed by atoms with van der Waals surface area (Å²) in [5.74, 6) is 1.22. The Morgan fingerprint density at radius 2 is 1.95 bits per heavy atom. The van der Waals surface area contributed by atoms with E-state index in [1.165, 1.54) is 41.7 Å². The minimum Gasteiger partial charge on any atom is -0.307 e. The second kappa shape index (κ2) is 9.11. The highest BCUT2D eigenvalue weighted by atomic mass is 127. The number of hydrogen-bond donors (Lipinski definition) is 1. The van der Waals surface area contributed by atoms with Gasteiger partial charge in [0.05, 0.1) is 5.54 Å². The maximum Gasteiger partial charge on any atom is 0.0647 e. The van der Waals surface area contributed by atoms with Gasteiger partial charge in [0.15, 0.2) is 0 Å². The van der Waals surface area contributed by atoms with E-state index in [2.05, 4.69) is 84.7 Å². The van der Waals surface area contributed by atoms with Crippen molar-refractivity contribution < 1.29 is 0 Å². The minimum absolute atomic E-state index is 0.0730. The molecule has 0 saturated heterocycles. The molecule has 1 aromatic carbocycles. The van der Waals surface area contributed by atoms with E-state index < -0.39 is 0 Å². The van der Waals surface area contributed by atoms with Crippen LogP contribution < -0.4 is 5.32 Å². The molecule has 2 rings (SSSR count). The maximum absolute atomic E-state index is 3.56. The fourth-order valence-electron chi connectivity index (χ4n) is 2.91. The van der Waals surface area contributed by atoms with Crippen LogP contribution in [0.2, 0.25) is 0 Å². The lowest BCUT2D eigenvalue weighted by Gasteiger charge is -2.39. The van der Waals surface area contributed by atoms with E-state index in [1.807, 2.05) is 8.93 Å². The van der Waals surface area contributed by atoms with Crippen LogP contribution in [0.25, 0.3) is 0 Å². The monoisotopic (exact) mass is 403 g/mol. The van der Waals surface area contributed by atoms with Crippen LogP contribution in [0, 0.1) is 6.92 Å². The first-order valence-electron chi connectivity index (χ1n) is 7.28. The second-order valence-electron chi connectivity index (χ2n) is 5.15. The molecule has 1 nitrogen and oxygen atoms in total. The highest BCUT2D eigenvalue weighted by molar-refractivity contribution is 14.2. The minimum atomic E-state index is 0.0730. The van der Waals surface area contributed by atoms with Gasteiger partial charge >= 0.3 is 0 Å². The predicted molar refractivity (Wildman–Crippen MR) is 102 cm³/mol. The zero-order valence-electron chi connectivity index (χ0n) is 13.0. The molecular formula is C17H26INS. The van der Waals surface area contributed by atoms with Gasteiger partial charge in [0, 0.05) is 5.75 Å². The van der Waals surface area contributed by atoms with E-state index in [-0.39, 0.29) is 5.54 Å². The van der Waals surface area contributed by atoms with Gasteiger partial charge in [0.1, 0.15) is 0 Å². The van der Waals surface area contributed by atoms with E-state index in [1.54, 1.807) is 0 Å². The number of aryl methyl sites for hydroxylation is 1. The molecule has 0 heterocycles. The topological polar surface area (TPSA) is 12.0 Å². The van der Waals surface area contributed by atoms with Crippen LogP contribution in [0.4, 0.5) is 0 Å². The van der Waals surface area contributed by atoms with Crippen molar-refractivity contribution >= 4 is 30.1 Å². The number of nitrogens with one attached hydrogen (secondary N) is 1. The van der Waals surface area contributed by atoms with Gasteiger partial charge in [-0.15, -0.1) is 0 Å². The third kappa shape index (κ3) is 4.25. The van der Waals surface area contributed by atoms with E-state index in [0.29, 0.717) is 0 Å². The molecule has 1 unspecified atom stereocenters. The third-order valence-electron chi connectivity index (χ3n) is 4.02. The average Bonchev–Trinajstić information content (AvgIpc) is 2.49. The molecule has 112 valence electrons. The second-order valence-corrected chi connectivity index (χ2v) is 7.81. The molecule has 0 aliphatic heterocycles. The third-order valence-corrected chi connectivity index (χ3v) is 6.11. The highest BCUT2D eigenvalue weighted by Gasteiger charge is 2.34. The van der Waals surface area contributed by atoms with Crippen molar-refractivity contribution in [2.45, 2.75) is 45.6 Å². The van der Waals surface area contributed by atoms with Crippen molar-refractivity contribution in [1.29, 1.82) is 0 Å². The number of hydrogen-bond acceptors (Lipinski definition) is 2. The number of rotatable bonds is 3. The van der Waals surface area contributed by atoms with Crippen molar-refractivity contribution in [3.63, 3.8) is 0 Å². The predicted octanol–water partition coefficient (Wildman–Crippen LogP) is 5.63. The Balaban J connectivity index is 0.000000444. The normalized spacial score (nSPS) is 21.8. The molecule has 1 N–H and O–H groups in total. The van der Waals surface area contributed by atoms with Crippen molar-refractivity contribution in [3.05, 3.63) is 47.0 Å². The van der Waals surface area contributed by atoms with Crippen LogP contribution >= 0.6 is 30.1 Å². The summed E-state index contributed by atoms with van der Waals surface area (Å²) in [7, 11) is 3.90. The summed E-state index contributed by atoms with van der Waals surface area (Å²) >= 11 is 2.27. The van der Waals surface area contributed by atoms with Crippen LogP contribution in [0.1, 0.15) is 44.2 Å². The molecule has 3 heteroatoms. The molecule has 0 radical (unpaired) electrons.